The van der Waals surface area contributed by atoms with Gasteiger partial charge < -0.3 is 10.3 Å². The van der Waals surface area contributed by atoms with Gasteiger partial charge in [-0.05, 0) is 19.0 Å². The molecule has 3 nitrogen and oxygen atoms in total. The van der Waals surface area contributed by atoms with Crippen molar-refractivity contribution in [2.75, 3.05) is 20.1 Å². The van der Waals surface area contributed by atoms with Gasteiger partial charge in [0.15, 0.2) is 0 Å². The molecule has 1 aliphatic heterocycles. The Hall–Kier alpha value is -0.960. The van der Waals surface area contributed by atoms with Gasteiger partial charge in [0.05, 0.1) is 5.71 Å². The van der Waals surface area contributed by atoms with Crippen molar-refractivity contribution in [1.82, 2.24) is 4.90 Å². The molecule has 0 aliphatic carbocycles. The first kappa shape index (κ1) is 8.14. The zero-order valence-corrected chi connectivity index (χ0v) is 6.72. The summed E-state index contributed by atoms with van der Waals surface area (Å²) in [5, 5.41) is 14.3. The van der Waals surface area contributed by atoms with E-state index in [9.17, 15) is 0 Å². The van der Waals surface area contributed by atoms with Crippen LogP contribution in [0.2, 0.25) is 0 Å². The zero-order chi connectivity index (χ0) is 8.27. The molecule has 0 amide bonds. The maximum absolute atomic E-state index is 7.38. The van der Waals surface area contributed by atoms with Gasteiger partial charge in [0.25, 0.3) is 0 Å². The van der Waals surface area contributed by atoms with Crippen LogP contribution in [0.25, 0.3) is 0 Å². The quantitative estimate of drug-likeness (QED) is 0.566. The Morgan fingerprint density at radius 3 is 3.00 bits per heavy atom. The molecule has 3 heteroatoms. The maximum Gasteiger partial charge on any atom is 0.0757 e. The van der Waals surface area contributed by atoms with Crippen LogP contribution in [0.3, 0.4) is 0 Å². The second-order valence-electron chi connectivity index (χ2n) is 2.81. The summed E-state index contributed by atoms with van der Waals surface area (Å²) in [6, 6.07) is 0. The molecule has 0 radical (unpaired) electrons. The molecule has 0 aromatic carbocycles. The zero-order valence-electron chi connectivity index (χ0n) is 6.72. The van der Waals surface area contributed by atoms with Crippen molar-refractivity contribution in [2.24, 2.45) is 0 Å². The minimum Gasteiger partial charge on any atom is -0.307 e. The SMILES string of the molecule is CN1CCC=C(C(=N)C=N)C1. The van der Waals surface area contributed by atoms with Crippen LogP contribution in [0.5, 0.6) is 0 Å². The number of nitrogens with zero attached hydrogens (tertiary/aromatic N) is 1. The molecule has 60 valence electrons. The van der Waals surface area contributed by atoms with Gasteiger partial charge in [-0.15, -0.1) is 0 Å². The van der Waals surface area contributed by atoms with Gasteiger partial charge in [0.2, 0.25) is 0 Å². The fourth-order valence-electron chi connectivity index (χ4n) is 1.18. The minimum absolute atomic E-state index is 0.344. The number of hydrogen-bond acceptors (Lipinski definition) is 3. The summed E-state index contributed by atoms with van der Waals surface area (Å²) in [6.45, 7) is 1.88. The van der Waals surface area contributed by atoms with Gasteiger partial charge in [-0.1, -0.05) is 6.08 Å². The van der Waals surface area contributed by atoms with E-state index in [1.54, 1.807) is 0 Å². The van der Waals surface area contributed by atoms with Crippen molar-refractivity contribution in [1.29, 1.82) is 10.8 Å². The van der Waals surface area contributed by atoms with E-state index >= 15 is 0 Å². The monoisotopic (exact) mass is 151 g/mol. The molecule has 1 rings (SSSR count). The van der Waals surface area contributed by atoms with Crippen LogP contribution < -0.4 is 0 Å². The summed E-state index contributed by atoms with van der Waals surface area (Å²) in [5.74, 6) is 0. The van der Waals surface area contributed by atoms with Crippen molar-refractivity contribution in [2.45, 2.75) is 6.42 Å². The maximum atomic E-state index is 7.38. The lowest BCUT2D eigenvalue weighted by Crippen LogP contribution is -2.28. The summed E-state index contributed by atoms with van der Waals surface area (Å²) in [4.78, 5) is 2.16. The molecule has 11 heavy (non-hydrogen) atoms. The van der Waals surface area contributed by atoms with E-state index in [0.29, 0.717) is 5.71 Å². The molecule has 1 heterocycles. The standard InChI is InChI=1S/C8H13N3/c1-11-4-2-3-7(6-11)8(10)5-9/h3,5,9-10H,2,4,6H2,1H3. The Morgan fingerprint density at radius 1 is 1.73 bits per heavy atom. The van der Waals surface area contributed by atoms with E-state index in [0.717, 1.165) is 31.3 Å². The third-order valence-corrected chi connectivity index (χ3v) is 1.83. The molecule has 0 saturated heterocycles. The van der Waals surface area contributed by atoms with E-state index in [4.69, 9.17) is 10.8 Å². The predicted molar refractivity (Wildman–Crippen MR) is 46.7 cm³/mol. The topological polar surface area (TPSA) is 50.9 Å². The van der Waals surface area contributed by atoms with Crippen LogP contribution in [0.4, 0.5) is 0 Å². The second-order valence-corrected chi connectivity index (χ2v) is 2.81. The highest BCUT2D eigenvalue weighted by Gasteiger charge is 2.10. The van der Waals surface area contributed by atoms with Crippen LogP contribution in [0.1, 0.15) is 6.42 Å². The Morgan fingerprint density at radius 2 is 2.45 bits per heavy atom. The smallest absolute Gasteiger partial charge is 0.0757 e. The number of hydrogen-bond donors (Lipinski definition) is 2. The van der Waals surface area contributed by atoms with Crippen LogP contribution in [0.15, 0.2) is 11.6 Å². The van der Waals surface area contributed by atoms with Gasteiger partial charge in [0.1, 0.15) is 0 Å². The van der Waals surface area contributed by atoms with Gasteiger partial charge in [-0.3, -0.25) is 5.41 Å². The minimum atomic E-state index is 0.344. The first-order valence-electron chi connectivity index (χ1n) is 3.71. The molecule has 0 saturated carbocycles. The summed E-state index contributed by atoms with van der Waals surface area (Å²) >= 11 is 0. The van der Waals surface area contributed by atoms with Gasteiger partial charge in [-0.2, -0.15) is 0 Å². The summed E-state index contributed by atoms with van der Waals surface area (Å²) < 4.78 is 0. The Kier molecular flexibility index (Phi) is 2.54. The Balaban J connectivity index is 2.64. The third kappa shape index (κ3) is 1.98. The van der Waals surface area contributed by atoms with E-state index in [2.05, 4.69) is 4.90 Å². The van der Waals surface area contributed by atoms with Gasteiger partial charge in [-0.25, -0.2) is 0 Å². The van der Waals surface area contributed by atoms with E-state index in [1.165, 1.54) is 0 Å². The molecule has 0 aromatic rings. The lowest BCUT2D eigenvalue weighted by Gasteiger charge is -2.21. The van der Waals surface area contributed by atoms with Gasteiger partial charge >= 0.3 is 0 Å². The summed E-state index contributed by atoms with van der Waals surface area (Å²) in [5.41, 5.74) is 1.32. The Labute approximate surface area is 66.7 Å². The molecule has 1 aliphatic rings. The first-order chi connectivity index (χ1) is 5.24. The highest BCUT2D eigenvalue weighted by atomic mass is 15.1. The van der Waals surface area contributed by atoms with Gasteiger partial charge in [0, 0.05) is 19.3 Å². The predicted octanol–water partition coefficient (Wildman–Crippen LogP) is 0.918. The fourth-order valence-corrected chi connectivity index (χ4v) is 1.18. The average molecular weight is 151 g/mol. The van der Waals surface area contributed by atoms with E-state index in [-0.39, 0.29) is 0 Å². The van der Waals surface area contributed by atoms with Crippen molar-refractivity contribution in [3.8, 4) is 0 Å². The molecular weight excluding hydrogens is 138 g/mol. The fraction of sp³-hybridized carbons (Fsp3) is 0.500. The average Bonchev–Trinajstić information content (AvgIpc) is 2.03. The van der Waals surface area contributed by atoms with Crippen molar-refractivity contribution < 1.29 is 0 Å². The Bertz CT molecular complexity index is 205. The molecule has 2 N–H and O–H groups in total. The normalized spacial score (nSPS) is 19.2. The summed E-state index contributed by atoms with van der Waals surface area (Å²) in [7, 11) is 2.03. The third-order valence-electron chi connectivity index (χ3n) is 1.83. The molecule has 0 atom stereocenters. The van der Waals surface area contributed by atoms with Crippen LogP contribution in [-0.4, -0.2) is 37.0 Å². The molecular formula is C8H13N3. The molecule has 0 fully saturated rings. The van der Waals surface area contributed by atoms with E-state index < -0.39 is 0 Å². The van der Waals surface area contributed by atoms with Crippen molar-refractivity contribution in [3.05, 3.63) is 11.6 Å². The lowest BCUT2D eigenvalue weighted by atomic mass is 10.1. The van der Waals surface area contributed by atoms with Crippen molar-refractivity contribution >= 4 is 11.9 Å². The molecule has 0 spiro atoms. The second kappa shape index (κ2) is 3.44. The van der Waals surface area contributed by atoms with Crippen LogP contribution >= 0.6 is 0 Å². The first-order valence-corrected chi connectivity index (χ1v) is 3.71. The molecule has 0 unspecified atom stereocenters. The van der Waals surface area contributed by atoms with Crippen LogP contribution in [0, 0.1) is 10.8 Å². The molecule has 0 bridgehead atoms. The lowest BCUT2D eigenvalue weighted by molar-refractivity contribution is 0.360. The number of rotatable bonds is 2. The summed E-state index contributed by atoms with van der Waals surface area (Å²) in [6.07, 6.45) is 4.15. The van der Waals surface area contributed by atoms with Crippen molar-refractivity contribution in [3.63, 3.8) is 0 Å². The van der Waals surface area contributed by atoms with Crippen LogP contribution in [-0.2, 0) is 0 Å². The van der Waals surface area contributed by atoms with E-state index in [1.807, 2.05) is 13.1 Å². The highest BCUT2D eigenvalue weighted by Crippen LogP contribution is 2.07. The number of likely N-dealkylation sites (N-methyl/N-ethyl adjacent to an activating group) is 1. The molecule has 0 aromatic heterocycles. The number of nitrogens with one attached hydrogen (secondary N) is 2. The largest absolute Gasteiger partial charge is 0.307 e. The highest BCUT2D eigenvalue weighted by molar-refractivity contribution is 6.35.